The number of rotatable bonds is 10. The maximum atomic E-state index is 11.8. The molecule has 4 heteroatoms. The highest BCUT2D eigenvalue weighted by molar-refractivity contribution is 5.89. The fraction of sp³-hybridized carbons (Fsp3) is 0.471. The molecule has 0 spiro atoms. The Labute approximate surface area is 126 Å². The Balaban J connectivity index is 2.27. The van der Waals surface area contributed by atoms with Crippen LogP contribution in [0.1, 0.15) is 42.1 Å². The van der Waals surface area contributed by atoms with Crippen LogP contribution in [-0.2, 0) is 14.2 Å². The van der Waals surface area contributed by atoms with E-state index in [4.69, 9.17) is 14.2 Å². The highest BCUT2D eigenvalue weighted by Crippen LogP contribution is 2.18. The number of benzene rings is 1. The van der Waals surface area contributed by atoms with Gasteiger partial charge in [-0.25, -0.2) is 4.79 Å². The quantitative estimate of drug-likeness (QED) is 0.376. The molecule has 0 N–H and O–H groups in total. The van der Waals surface area contributed by atoms with Crippen LogP contribution in [0, 0.1) is 0 Å². The van der Waals surface area contributed by atoms with E-state index in [0.29, 0.717) is 31.3 Å². The third kappa shape index (κ3) is 6.45. The van der Waals surface area contributed by atoms with E-state index in [1.54, 1.807) is 0 Å². The Bertz CT molecular complexity index is 425. The monoisotopic (exact) mass is 292 g/mol. The summed E-state index contributed by atoms with van der Waals surface area (Å²) < 4.78 is 15.3. The number of hydrogen-bond acceptors (Lipinski definition) is 4. The summed E-state index contributed by atoms with van der Waals surface area (Å²) in [6.07, 6.45) is 2.45. The van der Waals surface area contributed by atoms with Crippen LogP contribution >= 0.6 is 0 Å². The van der Waals surface area contributed by atoms with Crippen molar-refractivity contribution in [2.24, 2.45) is 0 Å². The number of esters is 1. The number of ether oxygens (including phenoxy) is 3. The zero-order chi connectivity index (χ0) is 15.5. The molecule has 0 heterocycles. The van der Waals surface area contributed by atoms with Gasteiger partial charge in [-0.15, -0.1) is 0 Å². The van der Waals surface area contributed by atoms with Crippen molar-refractivity contribution in [3.63, 3.8) is 0 Å². The molecule has 0 radical (unpaired) electrons. The summed E-state index contributed by atoms with van der Waals surface area (Å²) in [6.45, 7) is 9.24. The predicted molar refractivity (Wildman–Crippen MR) is 82.4 cm³/mol. The summed E-state index contributed by atoms with van der Waals surface area (Å²) in [5, 5.41) is 0. The minimum atomic E-state index is -0.323. The van der Waals surface area contributed by atoms with E-state index >= 15 is 0 Å². The van der Waals surface area contributed by atoms with E-state index in [2.05, 4.69) is 20.4 Å². The molecule has 0 aromatic heterocycles. The van der Waals surface area contributed by atoms with Crippen LogP contribution in [0.4, 0.5) is 0 Å². The molecule has 116 valence electrons. The summed E-state index contributed by atoms with van der Waals surface area (Å²) in [5.74, 6) is 0.179. The van der Waals surface area contributed by atoms with Crippen LogP contribution in [0.2, 0.25) is 0 Å². The van der Waals surface area contributed by atoms with Gasteiger partial charge in [-0.2, -0.15) is 0 Å². The molecule has 0 fully saturated rings. The molecule has 0 aliphatic heterocycles. The van der Waals surface area contributed by atoms with Crippen LogP contribution in [0.3, 0.4) is 0 Å². The van der Waals surface area contributed by atoms with E-state index in [1.165, 1.54) is 11.8 Å². The molecule has 0 bridgehead atoms. The minimum Gasteiger partial charge on any atom is -0.499 e. The largest absolute Gasteiger partial charge is 0.499 e. The van der Waals surface area contributed by atoms with Crippen molar-refractivity contribution >= 4 is 5.97 Å². The van der Waals surface area contributed by atoms with Crippen molar-refractivity contribution in [3.05, 3.63) is 48.2 Å². The van der Waals surface area contributed by atoms with Crippen molar-refractivity contribution < 1.29 is 19.0 Å². The zero-order valence-corrected chi connectivity index (χ0v) is 12.8. The predicted octanol–water partition coefficient (Wildman–Crippen LogP) is 3.53. The second-order valence-corrected chi connectivity index (χ2v) is 4.72. The summed E-state index contributed by atoms with van der Waals surface area (Å²) >= 11 is 0. The molecule has 1 atom stereocenters. The lowest BCUT2D eigenvalue weighted by Gasteiger charge is -2.10. The van der Waals surface area contributed by atoms with Gasteiger partial charge >= 0.3 is 5.97 Å². The van der Waals surface area contributed by atoms with Crippen molar-refractivity contribution in [1.29, 1.82) is 0 Å². The Kier molecular flexibility index (Phi) is 8.21. The van der Waals surface area contributed by atoms with Gasteiger partial charge in [0.15, 0.2) is 0 Å². The molecule has 21 heavy (non-hydrogen) atoms. The number of hydrogen-bond donors (Lipinski definition) is 0. The molecule has 0 saturated carbocycles. The summed E-state index contributed by atoms with van der Waals surface area (Å²) in [7, 11) is 0. The molecule has 1 aromatic rings. The first-order chi connectivity index (χ1) is 10.2. The van der Waals surface area contributed by atoms with E-state index in [9.17, 15) is 4.79 Å². The molecule has 1 rings (SSSR count). The van der Waals surface area contributed by atoms with E-state index < -0.39 is 0 Å². The average molecular weight is 292 g/mol. The second kappa shape index (κ2) is 10.00. The van der Waals surface area contributed by atoms with Gasteiger partial charge in [-0.05, 0) is 30.0 Å². The van der Waals surface area contributed by atoms with Gasteiger partial charge in [-0.3, -0.25) is 0 Å². The Morgan fingerprint density at radius 3 is 2.48 bits per heavy atom. The van der Waals surface area contributed by atoms with Gasteiger partial charge in [0.25, 0.3) is 0 Å². The van der Waals surface area contributed by atoms with Crippen LogP contribution < -0.4 is 0 Å². The zero-order valence-electron chi connectivity index (χ0n) is 12.8. The van der Waals surface area contributed by atoms with Gasteiger partial charge < -0.3 is 14.2 Å². The Hall–Kier alpha value is -1.81. The fourth-order valence-electron chi connectivity index (χ4n) is 1.75. The van der Waals surface area contributed by atoms with E-state index in [1.807, 2.05) is 24.3 Å². The Morgan fingerprint density at radius 2 is 1.86 bits per heavy atom. The van der Waals surface area contributed by atoms with E-state index in [-0.39, 0.29) is 12.6 Å². The first-order valence-electron chi connectivity index (χ1n) is 7.26. The average Bonchev–Trinajstić information content (AvgIpc) is 2.53. The minimum absolute atomic E-state index is 0.236. The third-order valence-corrected chi connectivity index (χ3v) is 3.25. The molecule has 1 aromatic carbocycles. The number of carbonyl (C=O) groups excluding carboxylic acids is 1. The molecule has 0 aliphatic carbocycles. The van der Waals surface area contributed by atoms with Crippen molar-refractivity contribution in [2.75, 3.05) is 26.4 Å². The maximum Gasteiger partial charge on any atom is 0.338 e. The lowest BCUT2D eigenvalue weighted by atomic mass is 9.98. The lowest BCUT2D eigenvalue weighted by Crippen LogP contribution is -2.12. The standard InChI is InChI=1S/C17H24O4/c1-4-14(3)15-6-8-16(9-7-15)17(18)21-13-12-20-11-10-19-5-2/h5-9,14H,2,4,10-13H2,1,3H3. The highest BCUT2D eigenvalue weighted by Gasteiger charge is 2.08. The van der Waals surface area contributed by atoms with Crippen LogP contribution in [0.5, 0.6) is 0 Å². The summed E-state index contributed by atoms with van der Waals surface area (Å²) in [5.41, 5.74) is 1.80. The third-order valence-electron chi connectivity index (χ3n) is 3.25. The van der Waals surface area contributed by atoms with Gasteiger partial charge in [0, 0.05) is 0 Å². The fourth-order valence-corrected chi connectivity index (χ4v) is 1.75. The highest BCUT2D eigenvalue weighted by atomic mass is 16.6. The normalized spacial score (nSPS) is 11.7. The molecule has 0 amide bonds. The van der Waals surface area contributed by atoms with Crippen molar-refractivity contribution in [2.45, 2.75) is 26.2 Å². The van der Waals surface area contributed by atoms with Gasteiger partial charge in [-0.1, -0.05) is 32.6 Å². The maximum absolute atomic E-state index is 11.8. The SMILES string of the molecule is C=COCCOCCOC(=O)c1ccc(C(C)CC)cc1. The van der Waals surface area contributed by atoms with Gasteiger partial charge in [0.2, 0.25) is 0 Å². The molecular weight excluding hydrogens is 268 g/mol. The van der Waals surface area contributed by atoms with Gasteiger partial charge in [0.05, 0.1) is 25.0 Å². The summed E-state index contributed by atoms with van der Waals surface area (Å²) in [6, 6.07) is 7.58. The molecule has 0 aliphatic rings. The van der Waals surface area contributed by atoms with Crippen molar-refractivity contribution in [3.8, 4) is 0 Å². The lowest BCUT2D eigenvalue weighted by molar-refractivity contribution is 0.0246. The van der Waals surface area contributed by atoms with Crippen LogP contribution in [-0.4, -0.2) is 32.4 Å². The van der Waals surface area contributed by atoms with Crippen LogP contribution in [0.25, 0.3) is 0 Å². The number of carbonyl (C=O) groups is 1. The molecule has 0 saturated heterocycles. The molecular formula is C17H24O4. The first kappa shape index (κ1) is 17.2. The Morgan fingerprint density at radius 1 is 1.19 bits per heavy atom. The van der Waals surface area contributed by atoms with Crippen molar-refractivity contribution in [1.82, 2.24) is 0 Å². The van der Waals surface area contributed by atoms with Crippen LogP contribution in [0.15, 0.2) is 37.1 Å². The second-order valence-electron chi connectivity index (χ2n) is 4.72. The smallest absolute Gasteiger partial charge is 0.338 e. The molecule has 1 unspecified atom stereocenters. The van der Waals surface area contributed by atoms with Gasteiger partial charge in [0.1, 0.15) is 13.2 Å². The topological polar surface area (TPSA) is 44.8 Å². The molecule has 4 nitrogen and oxygen atoms in total. The summed E-state index contributed by atoms with van der Waals surface area (Å²) in [4.78, 5) is 11.8. The van der Waals surface area contributed by atoms with E-state index in [0.717, 1.165) is 6.42 Å². The first-order valence-corrected chi connectivity index (χ1v) is 7.26.